The fraction of sp³-hybridized carbons (Fsp3) is 0.0769. The van der Waals surface area contributed by atoms with Gasteiger partial charge in [-0.2, -0.15) is 0 Å². The molecule has 0 unspecified atom stereocenters. The molecule has 0 radical (unpaired) electrons. The molecule has 104 valence electrons. The van der Waals surface area contributed by atoms with Gasteiger partial charge in [-0.15, -0.1) is 0 Å². The molecule has 7 heteroatoms. The summed E-state index contributed by atoms with van der Waals surface area (Å²) >= 11 is 11.7. The van der Waals surface area contributed by atoms with Gasteiger partial charge in [0.15, 0.2) is 0 Å². The second-order valence-corrected chi connectivity index (χ2v) is 4.71. The highest BCUT2D eigenvalue weighted by atomic mass is 35.5. The van der Waals surface area contributed by atoms with E-state index in [0.29, 0.717) is 16.3 Å². The number of halogens is 3. The molecule has 2 aromatic rings. The number of ether oxygens (including phenoxy) is 1. The lowest BCUT2D eigenvalue weighted by Crippen LogP contribution is -1.98. The molecule has 0 heterocycles. The number of hydrogen-bond acceptors (Lipinski definition) is 3. The van der Waals surface area contributed by atoms with Crippen LogP contribution in [-0.2, 0) is 6.61 Å². The second kappa shape index (κ2) is 6.07. The Kier molecular flexibility index (Phi) is 4.42. The first-order chi connectivity index (χ1) is 9.47. The largest absolute Gasteiger partial charge is 0.489 e. The van der Waals surface area contributed by atoms with Crippen LogP contribution in [0.25, 0.3) is 0 Å². The maximum Gasteiger partial charge on any atom is 0.288 e. The second-order valence-electron chi connectivity index (χ2n) is 3.89. The molecule has 0 fully saturated rings. The van der Waals surface area contributed by atoms with Gasteiger partial charge in [-0.3, -0.25) is 10.1 Å². The third-order valence-corrected chi connectivity index (χ3v) is 3.19. The molecule has 4 nitrogen and oxygen atoms in total. The molecule has 0 atom stereocenters. The Bertz CT molecular complexity index is 664. The van der Waals surface area contributed by atoms with E-state index in [9.17, 15) is 14.5 Å². The molecule has 2 aromatic carbocycles. The maximum absolute atomic E-state index is 13.1. The highest BCUT2D eigenvalue weighted by molar-refractivity contribution is 6.32. The third-order valence-electron chi connectivity index (χ3n) is 2.52. The standard InChI is InChI=1S/C13H8Cl2FNO3/c14-11-3-1-9(16)5-8(11)7-20-10-2-4-13(17(18)19)12(15)6-10/h1-6H,7H2. The first-order valence-corrected chi connectivity index (χ1v) is 6.23. The molecule has 0 aliphatic rings. The molecule has 0 spiro atoms. The minimum Gasteiger partial charge on any atom is -0.489 e. The van der Waals surface area contributed by atoms with E-state index >= 15 is 0 Å². The van der Waals surface area contributed by atoms with E-state index in [0.717, 1.165) is 0 Å². The summed E-state index contributed by atoms with van der Waals surface area (Å²) in [6, 6.07) is 7.91. The van der Waals surface area contributed by atoms with E-state index in [-0.39, 0.29) is 17.3 Å². The van der Waals surface area contributed by atoms with Crippen molar-refractivity contribution in [2.75, 3.05) is 0 Å². The van der Waals surface area contributed by atoms with Crippen LogP contribution in [0.3, 0.4) is 0 Å². The lowest BCUT2D eigenvalue weighted by Gasteiger charge is -2.08. The van der Waals surface area contributed by atoms with Crippen LogP contribution in [0.2, 0.25) is 10.0 Å². The van der Waals surface area contributed by atoms with Crippen LogP contribution < -0.4 is 4.74 Å². The SMILES string of the molecule is O=[N+]([O-])c1ccc(OCc2cc(F)ccc2Cl)cc1Cl. The Hall–Kier alpha value is -1.85. The third kappa shape index (κ3) is 3.37. The molecule has 0 aromatic heterocycles. The minimum atomic E-state index is -0.588. The summed E-state index contributed by atoms with van der Waals surface area (Å²) in [6.07, 6.45) is 0. The number of nitrogens with zero attached hydrogens (tertiary/aromatic N) is 1. The van der Waals surface area contributed by atoms with Gasteiger partial charge < -0.3 is 4.74 Å². The molecule has 0 bridgehead atoms. The topological polar surface area (TPSA) is 52.4 Å². The Morgan fingerprint density at radius 2 is 1.90 bits per heavy atom. The Morgan fingerprint density at radius 3 is 2.55 bits per heavy atom. The molecule has 20 heavy (non-hydrogen) atoms. The summed E-state index contributed by atoms with van der Waals surface area (Å²) in [7, 11) is 0. The lowest BCUT2D eigenvalue weighted by atomic mass is 10.2. The lowest BCUT2D eigenvalue weighted by molar-refractivity contribution is -0.384. The van der Waals surface area contributed by atoms with Crippen molar-refractivity contribution < 1.29 is 14.1 Å². The molecule has 0 aliphatic heterocycles. The van der Waals surface area contributed by atoms with Crippen molar-refractivity contribution in [2.45, 2.75) is 6.61 Å². The van der Waals surface area contributed by atoms with Crippen molar-refractivity contribution in [3.05, 3.63) is 67.9 Å². The van der Waals surface area contributed by atoms with Gasteiger partial charge in [0.2, 0.25) is 0 Å². The molecule has 2 rings (SSSR count). The summed E-state index contributed by atoms with van der Waals surface area (Å²) in [4.78, 5) is 10.0. The fourth-order valence-corrected chi connectivity index (χ4v) is 1.95. The van der Waals surface area contributed by atoms with Crippen molar-refractivity contribution in [1.82, 2.24) is 0 Å². The summed E-state index contributed by atoms with van der Waals surface area (Å²) in [5.41, 5.74) is 0.268. The zero-order valence-corrected chi connectivity index (χ0v) is 11.5. The smallest absolute Gasteiger partial charge is 0.288 e. The number of rotatable bonds is 4. The zero-order valence-electron chi connectivity index (χ0n) is 9.98. The molecular weight excluding hydrogens is 308 g/mol. The van der Waals surface area contributed by atoms with Crippen LogP contribution in [0.15, 0.2) is 36.4 Å². The number of hydrogen-bond donors (Lipinski definition) is 0. The molecule has 0 saturated carbocycles. The van der Waals surface area contributed by atoms with Gasteiger partial charge in [-0.1, -0.05) is 23.2 Å². The van der Waals surface area contributed by atoms with Gasteiger partial charge in [0.25, 0.3) is 5.69 Å². The zero-order chi connectivity index (χ0) is 14.7. The van der Waals surface area contributed by atoms with Crippen LogP contribution >= 0.6 is 23.2 Å². The molecule has 0 N–H and O–H groups in total. The maximum atomic E-state index is 13.1. The van der Waals surface area contributed by atoms with Crippen LogP contribution in [0.4, 0.5) is 10.1 Å². The number of nitro groups is 1. The molecular formula is C13H8Cl2FNO3. The monoisotopic (exact) mass is 315 g/mol. The van der Waals surface area contributed by atoms with Gasteiger partial charge >= 0.3 is 0 Å². The highest BCUT2D eigenvalue weighted by Crippen LogP contribution is 2.29. The van der Waals surface area contributed by atoms with Gasteiger partial charge in [0.05, 0.1) is 4.92 Å². The Labute approximate surface area is 123 Å². The van der Waals surface area contributed by atoms with Crippen molar-refractivity contribution in [1.29, 1.82) is 0 Å². The van der Waals surface area contributed by atoms with E-state index in [1.807, 2.05) is 0 Å². The highest BCUT2D eigenvalue weighted by Gasteiger charge is 2.13. The van der Waals surface area contributed by atoms with Gasteiger partial charge in [0, 0.05) is 22.7 Å². The Balaban J connectivity index is 2.13. The van der Waals surface area contributed by atoms with Crippen molar-refractivity contribution in [3.8, 4) is 5.75 Å². The van der Waals surface area contributed by atoms with E-state index in [1.54, 1.807) is 0 Å². The van der Waals surface area contributed by atoms with Crippen LogP contribution in [0.5, 0.6) is 5.75 Å². The van der Waals surface area contributed by atoms with Crippen molar-refractivity contribution in [3.63, 3.8) is 0 Å². The summed E-state index contributed by atoms with van der Waals surface area (Å²) < 4.78 is 18.5. The summed E-state index contributed by atoms with van der Waals surface area (Å²) in [6.45, 7) is 0.0325. The van der Waals surface area contributed by atoms with Crippen LogP contribution in [0, 0.1) is 15.9 Å². The predicted octanol–water partition coefficient (Wildman–Crippen LogP) is 4.62. The molecule has 0 amide bonds. The predicted molar refractivity (Wildman–Crippen MR) is 73.8 cm³/mol. The van der Waals surface area contributed by atoms with Crippen LogP contribution in [0.1, 0.15) is 5.56 Å². The first-order valence-electron chi connectivity index (χ1n) is 5.48. The Morgan fingerprint density at radius 1 is 1.15 bits per heavy atom. The van der Waals surface area contributed by atoms with Gasteiger partial charge in [-0.05, 0) is 24.3 Å². The quantitative estimate of drug-likeness (QED) is 0.611. The number of nitro benzene ring substituents is 1. The van der Waals surface area contributed by atoms with E-state index < -0.39 is 10.7 Å². The molecule has 0 saturated heterocycles. The normalized spacial score (nSPS) is 10.3. The van der Waals surface area contributed by atoms with E-state index in [2.05, 4.69) is 0 Å². The first kappa shape index (κ1) is 14.6. The minimum absolute atomic E-state index is 0.0298. The van der Waals surface area contributed by atoms with Crippen molar-refractivity contribution in [2.24, 2.45) is 0 Å². The average Bonchev–Trinajstić information content (AvgIpc) is 2.39. The average molecular weight is 316 g/mol. The van der Waals surface area contributed by atoms with Gasteiger partial charge in [-0.25, -0.2) is 4.39 Å². The molecule has 0 aliphatic carbocycles. The van der Waals surface area contributed by atoms with E-state index in [1.165, 1.54) is 36.4 Å². The summed E-state index contributed by atoms with van der Waals surface area (Å²) in [5.74, 6) is -0.0874. The fourth-order valence-electron chi connectivity index (χ4n) is 1.54. The summed E-state index contributed by atoms with van der Waals surface area (Å²) in [5, 5.41) is 11.0. The van der Waals surface area contributed by atoms with E-state index in [4.69, 9.17) is 27.9 Å². The van der Waals surface area contributed by atoms with Crippen LogP contribution in [-0.4, -0.2) is 4.92 Å². The number of benzene rings is 2. The van der Waals surface area contributed by atoms with Gasteiger partial charge in [0.1, 0.15) is 23.2 Å². The van der Waals surface area contributed by atoms with Crippen molar-refractivity contribution >= 4 is 28.9 Å².